The molecule has 0 saturated carbocycles. The van der Waals surface area contributed by atoms with Gasteiger partial charge in [0, 0.05) is 6.42 Å². The van der Waals surface area contributed by atoms with E-state index in [1.54, 1.807) is 0 Å². The van der Waals surface area contributed by atoms with E-state index < -0.39 is 0 Å². The third-order valence-corrected chi connectivity index (χ3v) is 5.14. The first kappa shape index (κ1) is 22.7. The molecule has 4 nitrogen and oxygen atoms in total. The van der Waals surface area contributed by atoms with E-state index in [2.05, 4.69) is 6.92 Å². The molecule has 1 rings (SSSR count). The fourth-order valence-electron chi connectivity index (χ4n) is 3.46. The number of rotatable bonds is 17. The molecule has 1 saturated heterocycles. The number of nitrogens with two attached hydrogens (primary N) is 1. The Balaban J connectivity index is 1.96. The van der Waals surface area contributed by atoms with E-state index in [-0.39, 0.29) is 18.0 Å². The lowest BCUT2D eigenvalue weighted by Gasteiger charge is -2.29. The Kier molecular flexibility index (Phi) is 12.9. The number of allylic oxidation sites excluding steroid dienone is 1. The summed E-state index contributed by atoms with van der Waals surface area (Å²) in [6.07, 6.45) is 20.5. The van der Waals surface area contributed by atoms with Crippen molar-refractivity contribution in [3.63, 3.8) is 0 Å². The fourth-order valence-corrected chi connectivity index (χ4v) is 3.46. The second-order valence-corrected chi connectivity index (χ2v) is 7.59. The van der Waals surface area contributed by atoms with Crippen LogP contribution in [0, 0.1) is 0 Å². The van der Waals surface area contributed by atoms with Crippen LogP contribution in [0.25, 0.3) is 0 Å². The fraction of sp³-hybridized carbons (Fsp3) is 0.818. The van der Waals surface area contributed by atoms with Crippen LogP contribution >= 0.6 is 0 Å². The van der Waals surface area contributed by atoms with Gasteiger partial charge in [-0.3, -0.25) is 4.79 Å². The van der Waals surface area contributed by atoms with Gasteiger partial charge in [-0.25, -0.2) is 4.79 Å². The first-order chi connectivity index (χ1) is 12.6. The number of amides is 1. The Morgan fingerprint density at radius 1 is 0.923 bits per heavy atom. The lowest BCUT2D eigenvalue weighted by atomic mass is 9.96. The van der Waals surface area contributed by atoms with E-state index in [1.807, 2.05) is 6.08 Å². The number of carbonyl (C=O) groups excluding carboxylic acids is 2. The van der Waals surface area contributed by atoms with E-state index in [0.29, 0.717) is 6.42 Å². The minimum atomic E-state index is -0.255. The summed E-state index contributed by atoms with van der Waals surface area (Å²) >= 11 is 0. The van der Waals surface area contributed by atoms with Gasteiger partial charge in [0.2, 0.25) is 5.91 Å². The minimum absolute atomic E-state index is 0.0113. The van der Waals surface area contributed by atoms with E-state index >= 15 is 0 Å². The third-order valence-electron chi connectivity index (χ3n) is 5.14. The molecular weight excluding hydrogens is 326 g/mol. The lowest BCUT2D eigenvalue weighted by Crippen LogP contribution is -2.36. The number of unbranched alkanes of at least 4 members (excludes halogenated alkanes) is 12. The normalized spacial score (nSPS) is 18.0. The van der Waals surface area contributed by atoms with Crippen molar-refractivity contribution in [2.45, 2.75) is 116 Å². The number of primary amides is 1. The Bertz CT molecular complexity index is 431. The molecule has 2 N–H and O–H groups in total. The Labute approximate surface area is 159 Å². The molecule has 1 aliphatic rings. The summed E-state index contributed by atoms with van der Waals surface area (Å²) in [5.74, 6) is -0.414. The second kappa shape index (κ2) is 14.8. The molecule has 4 heteroatoms. The molecule has 26 heavy (non-hydrogen) atoms. The standard InChI is InChI=1S/C22H39NO3/c1-2-3-4-5-6-7-8-9-10-11-14-17-20-19(22(25)26-20)16-13-12-15-18-21(23)24/h16,20H,2-15,17-18H2,1H3,(H2,23,24)/b19-16-/t20-/m0/s1. The molecule has 0 aromatic heterocycles. The highest BCUT2D eigenvalue weighted by Gasteiger charge is 2.34. The van der Waals surface area contributed by atoms with E-state index in [9.17, 15) is 9.59 Å². The van der Waals surface area contributed by atoms with Crippen molar-refractivity contribution >= 4 is 11.9 Å². The van der Waals surface area contributed by atoms with Crippen LogP contribution in [0.1, 0.15) is 110 Å². The number of ether oxygens (including phenoxy) is 1. The summed E-state index contributed by atoms with van der Waals surface area (Å²) in [7, 11) is 0. The van der Waals surface area contributed by atoms with Crippen LogP contribution in [-0.4, -0.2) is 18.0 Å². The molecule has 0 aromatic rings. The van der Waals surface area contributed by atoms with Crippen molar-refractivity contribution in [2.24, 2.45) is 5.73 Å². The number of cyclic esters (lactones) is 1. The zero-order valence-corrected chi connectivity index (χ0v) is 16.8. The number of carbonyl (C=O) groups is 2. The topological polar surface area (TPSA) is 69.4 Å². The van der Waals surface area contributed by atoms with Crippen molar-refractivity contribution in [3.8, 4) is 0 Å². The molecule has 0 radical (unpaired) electrons. The van der Waals surface area contributed by atoms with Gasteiger partial charge in [-0.15, -0.1) is 0 Å². The molecule has 0 spiro atoms. The molecule has 1 fully saturated rings. The van der Waals surface area contributed by atoms with Crippen LogP contribution in [0.15, 0.2) is 11.6 Å². The molecule has 0 aromatic carbocycles. The summed E-state index contributed by atoms with van der Waals surface area (Å²) in [6.45, 7) is 2.26. The first-order valence-electron chi connectivity index (χ1n) is 10.8. The first-order valence-corrected chi connectivity index (χ1v) is 10.8. The highest BCUT2D eigenvalue weighted by molar-refractivity contribution is 5.95. The van der Waals surface area contributed by atoms with Crippen molar-refractivity contribution in [1.82, 2.24) is 0 Å². The molecule has 1 amide bonds. The Morgan fingerprint density at radius 3 is 2.04 bits per heavy atom. The molecule has 150 valence electrons. The van der Waals surface area contributed by atoms with Gasteiger partial charge in [0.25, 0.3) is 0 Å². The third kappa shape index (κ3) is 10.6. The Hall–Kier alpha value is -1.32. The zero-order chi connectivity index (χ0) is 19.0. The lowest BCUT2D eigenvalue weighted by molar-refractivity contribution is -0.156. The van der Waals surface area contributed by atoms with Crippen LogP contribution in [0.2, 0.25) is 0 Å². The highest BCUT2D eigenvalue weighted by Crippen LogP contribution is 2.27. The summed E-state index contributed by atoms with van der Waals surface area (Å²) < 4.78 is 5.26. The predicted molar refractivity (Wildman–Crippen MR) is 107 cm³/mol. The quantitative estimate of drug-likeness (QED) is 0.208. The maximum Gasteiger partial charge on any atom is 0.338 e. The van der Waals surface area contributed by atoms with Crippen LogP contribution in [0.5, 0.6) is 0 Å². The van der Waals surface area contributed by atoms with Gasteiger partial charge in [0.15, 0.2) is 0 Å². The molecule has 0 unspecified atom stereocenters. The van der Waals surface area contributed by atoms with Gasteiger partial charge in [0.1, 0.15) is 6.10 Å². The van der Waals surface area contributed by atoms with Crippen molar-refractivity contribution in [1.29, 1.82) is 0 Å². The van der Waals surface area contributed by atoms with Crippen molar-refractivity contribution in [3.05, 3.63) is 11.6 Å². The number of hydrogen-bond donors (Lipinski definition) is 1. The van der Waals surface area contributed by atoms with Gasteiger partial charge in [-0.05, 0) is 32.1 Å². The number of hydrogen-bond acceptors (Lipinski definition) is 3. The second-order valence-electron chi connectivity index (χ2n) is 7.59. The van der Waals surface area contributed by atoms with Crippen LogP contribution in [0.3, 0.4) is 0 Å². The van der Waals surface area contributed by atoms with Gasteiger partial charge < -0.3 is 10.5 Å². The summed E-state index contributed by atoms with van der Waals surface area (Å²) in [5, 5.41) is 0. The largest absolute Gasteiger partial charge is 0.454 e. The maximum atomic E-state index is 11.5. The van der Waals surface area contributed by atoms with Gasteiger partial charge in [-0.2, -0.15) is 0 Å². The van der Waals surface area contributed by atoms with Gasteiger partial charge in [0.05, 0.1) is 5.57 Å². The van der Waals surface area contributed by atoms with E-state index in [0.717, 1.165) is 37.7 Å². The zero-order valence-electron chi connectivity index (χ0n) is 16.8. The molecule has 0 bridgehead atoms. The molecular formula is C22H39NO3. The average molecular weight is 366 g/mol. The van der Waals surface area contributed by atoms with Crippen LogP contribution < -0.4 is 5.73 Å². The van der Waals surface area contributed by atoms with Crippen LogP contribution in [-0.2, 0) is 14.3 Å². The maximum absolute atomic E-state index is 11.5. The van der Waals surface area contributed by atoms with Crippen molar-refractivity contribution < 1.29 is 14.3 Å². The Morgan fingerprint density at radius 2 is 1.50 bits per heavy atom. The van der Waals surface area contributed by atoms with E-state index in [4.69, 9.17) is 10.5 Å². The molecule has 1 atom stereocenters. The highest BCUT2D eigenvalue weighted by atomic mass is 16.6. The average Bonchev–Trinajstić information content (AvgIpc) is 2.61. The van der Waals surface area contributed by atoms with Crippen LogP contribution in [0.4, 0.5) is 0 Å². The summed E-state index contributed by atoms with van der Waals surface area (Å²) in [6, 6.07) is 0. The van der Waals surface area contributed by atoms with Crippen molar-refractivity contribution in [2.75, 3.05) is 0 Å². The molecule has 1 heterocycles. The monoisotopic (exact) mass is 365 g/mol. The minimum Gasteiger partial charge on any atom is -0.454 e. The van der Waals surface area contributed by atoms with Gasteiger partial charge >= 0.3 is 5.97 Å². The van der Waals surface area contributed by atoms with E-state index in [1.165, 1.54) is 64.2 Å². The summed E-state index contributed by atoms with van der Waals surface area (Å²) in [5.41, 5.74) is 5.96. The predicted octanol–water partition coefficient (Wildman–Crippen LogP) is 5.59. The smallest absolute Gasteiger partial charge is 0.338 e. The molecule has 0 aliphatic carbocycles. The number of esters is 1. The SMILES string of the molecule is CCCCCCCCCCCCC[C@@H]1OC(=O)/C1=C\CCCCC(N)=O. The van der Waals surface area contributed by atoms with Gasteiger partial charge in [-0.1, -0.05) is 77.2 Å². The summed E-state index contributed by atoms with van der Waals surface area (Å²) in [4.78, 5) is 22.2. The molecule has 1 aliphatic heterocycles.